The number of halogens is 1. The zero-order valence-corrected chi connectivity index (χ0v) is 13.3. The van der Waals surface area contributed by atoms with Crippen LogP contribution in [0.4, 0.5) is 5.69 Å². The smallest absolute Gasteiger partial charge is 0.308 e. The van der Waals surface area contributed by atoms with Crippen LogP contribution in [0.5, 0.6) is 0 Å². The van der Waals surface area contributed by atoms with Gasteiger partial charge in [-0.2, -0.15) is 0 Å². The number of ether oxygens (including phenoxy) is 1. The molecular formula is C14H17IN2O3. The number of hydrogen-bond donors (Lipinski definition) is 2. The van der Waals surface area contributed by atoms with Crippen molar-refractivity contribution in [2.24, 2.45) is 17.6 Å². The molecule has 5 nitrogen and oxygen atoms in total. The molecule has 1 fully saturated rings. The number of nitrogens with one attached hydrogen (secondary N) is 1. The van der Waals surface area contributed by atoms with Gasteiger partial charge in [0.2, 0.25) is 5.91 Å². The predicted molar refractivity (Wildman–Crippen MR) is 84.0 cm³/mol. The summed E-state index contributed by atoms with van der Waals surface area (Å²) in [7, 11) is 1.38. The number of nitrogens with two attached hydrogens (primary N) is 1. The van der Waals surface area contributed by atoms with Gasteiger partial charge in [0.15, 0.2) is 0 Å². The molecule has 1 amide bonds. The normalized spacial score (nSPS) is 22.5. The second-order valence-corrected chi connectivity index (χ2v) is 6.23. The number of benzene rings is 1. The Kier molecular flexibility index (Phi) is 4.85. The number of amides is 1. The van der Waals surface area contributed by atoms with E-state index in [0.717, 1.165) is 9.26 Å². The van der Waals surface area contributed by atoms with Gasteiger partial charge in [-0.1, -0.05) is 0 Å². The molecule has 0 bridgehead atoms. The van der Waals surface area contributed by atoms with Gasteiger partial charge in [-0.25, -0.2) is 0 Å². The minimum atomic E-state index is -0.448. The first-order valence-electron chi connectivity index (χ1n) is 6.40. The standard InChI is InChI=1S/C14H17IN2O3/c1-20-14(19)9-6-8(7-9)12(13(16)18)17-11-4-2-10(15)3-5-11/h2-5,8-9,12,17H,6-7H2,1H3,(H2,16,18). The van der Waals surface area contributed by atoms with Crippen molar-refractivity contribution in [3.05, 3.63) is 27.8 Å². The molecule has 1 aliphatic carbocycles. The SMILES string of the molecule is COC(=O)C1CC(C(Nc2ccc(I)cc2)C(N)=O)C1. The highest BCUT2D eigenvalue weighted by Crippen LogP contribution is 2.37. The molecule has 1 aliphatic rings. The molecule has 0 saturated heterocycles. The van der Waals surface area contributed by atoms with Crippen molar-refractivity contribution in [2.75, 3.05) is 12.4 Å². The highest BCUT2D eigenvalue weighted by atomic mass is 127. The summed E-state index contributed by atoms with van der Waals surface area (Å²) < 4.78 is 5.82. The largest absolute Gasteiger partial charge is 0.469 e. The maximum absolute atomic E-state index is 11.6. The molecule has 6 heteroatoms. The van der Waals surface area contributed by atoms with E-state index in [2.05, 4.69) is 27.9 Å². The van der Waals surface area contributed by atoms with Crippen LogP contribution in [-0.2, 0) is 14.3 Å². The lowest BCUT2D eigenvalue weighted by atomic mass is 9.71. The Hall–Kier alpha value is -1.31. The van der Waals surface area contributed by atoms with E-state index >= 15 is 0 Å². The van der Waals surface area contributed by atoms with Crippen molar-refractivity contribution in [2.45, 2.75) is 18.9 Å². The minimum Gasteiger partial charge on any atom is -0.469 e. The topological polar surface area (TPSA) is 81.4 Å². The molecule has 0 aliphatic heterocycles. The van der Waals surface area contributed by atoms with E-state index in [1.54, 1.807) is 0 Å². The molecule has 0 aromatic heterocycles. The molecule has 1 unspecified atom stereocenters. The number of esters is 1. The number of anilines is 1. The van der Waals surface area contributed by atoms with Gasteiger partial charge in [-0.3, -0.25) is 9.59 Å². The Morgan fingerprint density at radius 1 is 1.35 bits per heavy atom. The lowest BCUT2D eigenvalue weighted by molar-refractivity contribution is -0.151. The van der Waals surface area contributed by atoms with Gasteiger partial charge in [0.25, 0.3) is 0 Å². The fourth-order valence-corrected chi connectivity index (χ4v) is 2.80. The van der Waals surface area contributed by atoms with Crippen molar-refractivity contribution < 1.29 is 14.3 Å². The first kappa shape index (κ1) is 15.1. The number of primary amides is 1. The zero-order valence-electron chi connectivity index (χ0n) is 11.1. The van der Waals surface area contributed by atoms with Crippen molar-refractivity contribution in [3.63, 3.8) is 0 Å². The first-order valence-corrected chi connectivity index (χ1v) is 7.48. The van der Waals surface area contributed by atoms with Gasteiger partial charge in [0, 0.05) is 9.26 Å². The minimum absolute atomic E-state index is 0.0795. The van der Waals surface area contributed by atoms with E-state index in [1.165, 1.54) is 7.11 Å². The summed E-state index contributed by atoms with van der Waals surface area (Å²) in [6.07, 6.45) is 1.27. The molecule has 0 radical (unpaired) electrons. The average Bonchev–Trinajstić information content (AvgIpc) is 2.37. The van der Waals surface area contributed by atoms with Crippen LogP contribution in [0.1, 0.15) is 12.8 Å². The zero-order chi connectivity index (χ0) is 14.7. The molecule has 0 heterocycles. The average molecular weight is 388 g/mol. The van der Waals surface area contributed by atoms with Gasteiger partial charge < -0.3 is 15.8 Å². The van der Waals surface area contributed by atoms with Crippen molar-refractivity contribution >= 4 is 40.2 Å². The van der Waals surface area contributed by atoms with Gasteiger partial charge in [-0.15, -0.1) is 0 Å². The van der Waals surface area contributed by atoms with E-state index < -0.39 is 11.9 Å². The first-order chi connectivity index (χ1) is 9.51. The Morgan fingerprint density at radius 3 is 2.45 bits per heavy atom. The molecule has 0 spiro atoms. The highest BCUT2D eigenvalue weighted by molar-refractivity contribution is 14.1. The molecular weight excluding hydrogens is 371 g/mol. The summed E-state index contributed by atoms with van der Waals surface area (Å²) in [6, 6.07) is 7.29. The molecule has 2 rings (SSSR count). The summed E-state index contributed by atoms with van der Waals surface area (Å²) >= 11 is 2.22. The van der Waals surface area contributed by atoms with Gasteiger partial charge in [0.1, 0.15) is 6.04 Å². The molecule has 1 saturated carbocycles. The van der Waals surface area contributed by atoms with E-state index in [9.17, 15) is 9.59 Å². The Labute approximate surface area is 131 Å². The van der Waals surface area contributed by atoms with Crippen LogP contribution in [0.2, 0.25) is 0 Å². The number of methoxy groups -OCH3 is 1. The van der Waals surface area contributed by atoms with E-state index in [-0.39, 0.29) is 17.8 Å². The third-order valence-corrected chi connectivity index (χ3v) is 4.37. The van der Waals surface area contributed by atoms with Crippen LogP contribution >= 0.6 is 22.6 Å². The Balaban J connectivity index is 1.97. The summed E-state index contributed by atoms with van der Waals surface area (Å²) in [5.41, 5.74) is 6.32. The molecule has 1 aromatic carbocycles. The van der Waals surface area contributed by atoms with Crippen LogP contribution in [0.15, 0.2) is 24.3 Å². The molecule has 1 atom stereocenters. The maximum Gasteiger partial charge on any atom is 0.308 e. The lowest BCUT2D eigenvalue weighted by Gasteiger charge is -2.38. The van der Waals surface area contributed by atoms with E-state index in [4.69, 9.17) is 10.5 Å². The fraction of sp³-hybridized carbons (Fsp3) is 0.429. The Morgan fingerprint density at radius 2 is 1.95 bits per heavy atom. The maximum atomic E-state index is 11.6. The molecule has 3 N–H and O–H groups in total. The van der Waals surface area contributed by atoms with E-state index in [0.29, 0.717) is 12.8 Å². The third kappa shape index (κ3) is 3.41. The van der Waals surface area contributed by atoms with Crippen LogP contribution in [-0.4, -0.2) is 25.0 Å². The summed E-state index contributed by atoms with van der Waals surface area (Å²) in [4.78, 5) is 23.0. The monoisotopic (exact) mass is 388 g/mol. The van der Waals surface area contributed by atoms with E-state index in [1.807, 2.05) is 24.3 Å². The number of hydrogen-bond acceptors (Lipinski definition) is 4. The predicted octanol–water partition coefficient (Wildman–Crippen LogP) is 1.76. The quantitative estimate of drug-likeness (QED) is 0.595. The second-order valence-electron chi connectivity index (χ2n) is 4.98. The van der Waals surface area contributed by atoms with Crippen LogP contribution in [0.3, 0.4) is 0 Å². The second kappa shape index (κ2) is 6.43. The number of carbonyl (C=O) groups excluding carboxylic acids is 2. The van der Waals surface area contributed by atoms with Crippen molar-refractivity contribution in [3.8, 4) is 0 Å². The van der Waals surface area contributed by atoms with Crippen molar-refractivity contribution in [1.29, 1.82) is 0 Å². The van der Waals surface area contributed by atoms with Crippen molar-refractivity contribution in [1.82, 2.24) is 0 Å². The molecule has 108 valence electrons. The summed E-state index contributed by atoms with van der Waals surface area (Å²) in [6.45, 7) is 0. The lowest BCUT2D eigenvalue weighted by Crippen LogP contribution is -2.48. The highest BCUT2D eigenvalue weighted by Gasteiger charge is 2.41. The van der Waals surface area contributed by atoms with Crippen LogP contribution < -0.4 is 11.1 Å². The van der Waals surface area contributed by atoms with Gasteiger partial charge in [-0.05, 0) is 65.6 Å². The third-order valence-electron chi connectivity index (χ3n) is 3.65. The molecule has 1 aromatic rings. The summed E-state index contributed by atoms with van der Waals surface area (Å²) in [5.74, 6) is -0.628. The fourth-order valence-electron chi connectivity index (χ4n) is 2.44. The van der Waals surface area contributed by atoms with Gasteiger partial charge >= 0.3 is 5.97 Å². The molecule has 20 heavy (non-hydrogen) atoms. The number of rotatable bonds is 5. The number of carbonyl (C=O) groups is 2. The van der Waals surface area contributed by atoms with Crippen LogP contribution in [0, 0.1) is 15.4 Å². The van der Waals surface area contributed by atoms with Crippen LogP contribution in [0.25, 0.3) is 0 Å². The Bertz CT molecular complexity index is 498. The van der Waals surface area contributed by atoms with Gasteiger partial charge in [0.05, 0.1) is 13.0 Å². The summed E-state index contributed by atoms with van der Waals surface area (Å²) in [5, 5.41) is 3.16.